The molecule has 3 heteroatoms. The second-order valence-electron chi connectivity index (χ2n) is 5.07. The molecule has 1 saturated heterocycles. The summed E-state index contributed by atoms with van der Waals surface area (Å²) in [7, 11) is 0. The lowest BCUT2D eigenvalue weighted by Crippen LogP contribution is -2.53. The Balaban J connectivity index is 2.06. The molecule has 0 spiro atoms. The minimum absolute atomic E-state index is 0.159. The van der Waals surface area contributed by atoms with Crippen LogP contribution in [-0.4, -0.2) is 29.4 Å². The van der Waals surface area contributed by atoms with Crippen molar-refractivity contribution >= 4 is 5.91 Å². The number of hydrogen-bond acceptors (Lipinski definition) is 2. The number of rotatable bonds is 1. The summed E-state index contributed by atoms with van der Waals surface area (Å²) in [6, 6.07) is 0.177. The molecule has 1 aliphatic carbocycles. The zero-order valence-electron chi connectivity index (χ0n) is 9.61. The number of amides is 1. The van der Waals surface area contributed by atoms with Crippen LogP contribution in [0.5, 0.6) is 0 Å². The van der Waals surface area contributed by atoms with Gasteiger partial charge in [-0.3, -0.25) is 4.79 Å². The largest absolute Gasteiger partial charge is 0.338 e. The van der Waals surface area contributed by atoms with Crippen LogP contribution in [0.1, 0.15) is 45.4 Å². The maximum absolute atomic E-state index is 12.0. The molecule has 86 valence electrons. The summed E-state index contributed by atoms with van der Waals surface area (Å²) in [6.45, 7) is 2.73. The number of carbonyl (C=O) groups is 1. The summed E-state index contributed by atoms with van der Waals surface area (Å²) in [4.78, 5) is 14.0. The van der Waals surface area contributed by atoms with Crippen LogP contribution in [0.15, 0.2) is 0 Å². The molecular formula is C12H22N2O. The number of carbonyl (C=O) groups excluding carboxylic acids is 1. The van der Waals surface area contributed by atoms with Crippen LogP contribution >= 0.6 is 0 Å². The van der Waals surface area contributed by atoms with E-state index in [1.54, 1.807) is 6.92 Å². The highest BCUT2D eigenvalue weighted by atomic mass is 16.2. The van der Waals surface area contributed by atoms with Crippen molar-refractivity contribution in [3.8, 4) is 0 Å². The molecule has 15 heavy (non-hydrogen) atoms. The second kappa shape index (κ2) is 4.52. The third kappa shape index (κ3) is 2.17. The molecule has 1 heterocycles. The van der Waals surface area contributed by atoms with Crippen molar-refractivity contribution in [3.05, 3.63) is 0 Å². The van der Waals surface area contributed by atoms with Gasteiger partial charge in [0.25, 0.3) is 0 Å². The van der Waals surface area contributed by atoms with Gasteiger partial charge in [0.05, 0.1) is 6.04 Å². The van der Waals surface area contributed by atoms with Gasteiger partial charge in [0.15, 0.2) is 0 Å². The minimum Gasteiger partial charge on any atom is -0.338 e. The number of nitrogens with two attached hydrogens (primary N) is 1. The summed E-state index contributed by atoms with van der Waals surface area (Å²) in [5.74, 6) is 0.918. The zero-order valence-corrected chi connectivity index (χ0v) is 9.61. The molecule has 3 nitrogen and oxygen atoms in total. The molecule has 1 amide bonds. The van der Waals surface area contributed by atoms with Crippen LogP contribution in [0.2, 0.25) is 0 Å². The maximum Gasteiger partial charge on any atom is 0.239 e. The van der Waals surface area contributed by atoms with E-state index in [4.69, 9.17) is 5.73 Å². The number of fused-ring (bicyclic) bond motifs is 1. The summed E-state index contributed by atoms with van der Waals surface area (Å²) in [5, 5.41) is 0. The first kappa shape index (κ1) is 10.9. The van der Waals surface area contributed by atoms with Gasteiger partial charge < -0.3 is 10.6 Å². The van der Waals surface area contributed by atoms with E-state index in [2.05, 4.69) is 4.90 Å². The van der Waals surface area contributed by atoms with Crippen molar-refractivity contribution in [2.75, 3.05) is 6.54 Å². The van der Waals surface area contributed by atoms with Gasteiger partial charge in [-0.15, -0.1) is 0 Å². The summed E-state index contributed by atoms with van der Waals surface area (Å²) in [6.07, 6.45) is 7.62. The van der Waals surface area contributed by atoms with Gasteiger partial charge >= 0.3 is 0 Å². The van der Waals surface area contributed by atoms with Crippen LogP contribution in [0.25, 0.3) is 0 Å². The van der Waals surface area contributed by atoms with Crippen molar-refractivity contribution in [3.63, 3.8) is 0 Å². The molecule has 2 rings (SSSR count). The fourth-order valence-electron chi connectivity index (χ4n) is 3.16. The predicted octanol–water partition coefficient (Wildman–Crippen LogP) is 1.51. The van der Waals surface area contributed by atoms with Gasteiger partial charge in [0.1, 0.15) is 0 Å². The lowest BCUT2D eigenvalue weighted by atomic mass is 9.78. The molecule has 2 N–H and O–H groups in total. The Bertz CT molecular complexity index is 238. The normalized spacial score (nSPS) is 33.3. The SMILES string of the molecule is CC(N)C(=O)N1CCC[C@H]2CCCC[C@H]21. The van der Waals surface area contributed by atoms with Gasteiger partial charge in [-0.2, -0.15) is 0 Å². The van der Waals surface area contributed by atoms with Crippen LogP contribution in [0, 0.1) is 5.92 Å². The lowest BCUT2D eigenvalue weighted by molar-refractivity contribution is -0.138. The summed E-state index contributed by atoms with van der Waals surface area (Å²) >= 11 is 0. The Morgan fingerprint density at radius 1 is 1.27 bits per heavy atom. The van der Waals surface area contributed by atoms with Gasteiger partial charge in [-0.05, 0) is 38.5 Å². The summed E-state index contributed by atoms with van der Waals surface area (Å²) in [5.41, 5.74) is 5.70. The Kier molecular flexibility index (Phi) is 3.29. The van der Waals surface area contributed by atoms with Crippen molar-refractivity contribution in [2.45, 2.75) is 57.5 Å². The third-order valence-corrected chi connectivity index (χ3v) is 3.92. The molecule has 3 atom stereocenters. The van der Waals surface area contributed by atoms with Crippen molar-refractivity contribution in [1.29, 1.82) is 0 Å². The van der Waals surface area contributed by atoms with Gasteiger partial charge in [-0.25, -0.2) is 0 Å². The highest BCUT2D eigenvalue weighted by Gasteiger charge is 2.36. The average molecular weight is 210 g/mol. The molecule has 2 aliphatic rings. The van der Waals surface area contributed by atoms with E-state index in [0.717, 1.165) is 12.5 Å². The predicted molar refractivity (Wildman–Crippen MR) is 60.3 cm³/mol. The topological polar surface area (TPSA) is 46.3 Å². The number of piperidine rings is 1. The van der Waals surface area contributed by atoms with Gasteiger partial charge in [-0.1, -0.05) is 12.8 Å². The van der Waals surface area contributed by atoms with Gasteiger partial charge in [0.2, 0.25) is 5.91 Å². The van der Waals surface area contributed by atoms with E-state index in [1.165, 1.54) is 38.5 Å². The van der Waals surface area contributed by atoms with Crippen LogP contribution in [0.3, 0.4) is 0 Å². The highest BCUT2D eigenvalue weighted by molar-refractivity contribution is 5.81. The second-order valence-corrected chi connectivity index (χ2v) is 5.07. The molecule has 2 fully saturated rings. The highest BCUT2D eigenvalue weighted by Crippen LogP contribution is 2.35. The van der Waals surface area contributed by atoms with E-state index in [1.807, 2.05) is 0 Å². The zero-order chi connectivity index (χ0) is 10.8. The number of hydrogen-bond donors (Lipinski definition) is 1. The Morgan fingerprint density at radius 3 is 2.67 bits per heavy atom. The van der Waals surface area contributed by atoms with E-state index < -0.39 is 0 Å². The van der Waals surface area contributed by atoms with Crippen LogP contribution < -0.4 is 5.73 Å². The molecule has 1 aliphatic heterocycles. The molecular weight excluding hydrogens is 188 g/mol. The third-order valence-electron chi connectivity index (χ3n) is 3.92. The standard InChI is InChI=1S/C12H22N2O/c1-9(13)12(15)14-8-4-6-10-5-2-3-7-11(10)14/h9-11H,2-8,13H2,1H3/t9?,10-,11-/m1/s1. The first-order chi connectivity index (χ1) is 7.20. The minimum atomic E-state index is -0.328. The number of nitrogens with zero attached hydrogens (tertiary/aromatic N) is 1. The Labute approximate surface area is 92.0 Å². The lowest BCUT2D eigenvalue weighted by Gasteiger charge is -2.44. The fourth-order valence-corrected chi connectivity index (χ4v) is 3.16. The number of likely N-dealkylation sites (tertiary alicyclic amines) is 1. The molecule has 0 aromatic heterocycles. The van der Waals surface area contributed by atoms with E-state index >= 15 is 0 Å². The first-order valence-corrected chi connectivity index (χ1v) is 6.26. The quantitative estimate of drug-likeness (QED) is 0.713. The smallest absolute Gasteiger partial charge is 0.239 e. The molecule has 1 unspecified atom stereocenters. The summed E-state index contributed by atoms with van der Waals surface area (Å²) < 4.78 is 0. The van der Waals surface area contributed by atoms with E-state index in [9.17, 15) is 4.79 Å². The van der Waals surface area contributed by atoms with Gasteiger partial charge in [0, 0.05) is 12.6 Å². The van der Waals surface area contributed by atoms with Crippen LogP contribution in [-0.2, 0) is 4.79 Å². The maximum atomic E-state index is 12.0. The monoisotopic (exact) mass is 210 g/mol. The molecule has 0 bridgehead atoms. The average Bonchev–Trinajstić information content (AvgIpc) is 2.27. The molecule has 0 aromatic rings. The Morgan fingerprint density at radius 2 is 1.93 bits per heavy atom. The molecule has 0 aromatic carbocycles. The first-order valence-electron chi connectivity index (χ1n) is 6.26. The fraction of sp³-hybridized carbons (Fsp3) is 0.917. The van der Waals surface area contributed by atoms with Crippen molar-refractivity contribution in [1.82, 2.24) is 4.90 Å². The molecule has 1 saturated carbocycles. The van der Waals surface area contributed by atoms with Crippen LogP contribution in [0.4, 0.5) is 0 Å². The van der Waals surface area contributed by atoms with Crippen molar-refractivity contribution in [2.24, 2.45) is 11.7 Å². The molecule has 0 radical (unpaired) electrons. The van der Waals surface area contributed by atoms with E-state index in [-0.39, 0.29) is 11.9 Å². The van der Waals surface area contributed by atoms with E-state index in [0.29, 0.717) is 6.04 Å². The van der Waals surface area contributed by atoms with Crippen molar-refractivity contribution < 1.29 is 4.79 Å². The Hall–Kier alpha value is -0.570.